The van der Waals surface area contributed by atoms with Gasteiger partial charge in [0.25, 0.3) is 0 Å². The average molecular weight is 324 g/mol. The third-order valence-corrected chi connectivity index (χ3v) is 5.05. The molecule has 24 heavy (non-hydrogen) atoms. The first kappa shape index (κ1) is 15.5. The van der Waals surface area contributed by atoms with Crippen LogP contribution in [0.15, 0.2) is 53.8 Å². The first-order valence-corrected chi connectivity index (χ1v) is 8.92. The van der Waals surface area contributed by atoms with E-state index in [0.29, 0.717) is 6.04 Å². The number of aryl methyl sites for hydroxylation is 1. The van der Waals surface area contributed by atoms with E-state index in [1.54, 1.807) is 6.26 Å². The monoisotopic (exact) mass is 324 g/mol. The lowest BCUT2D eigenvalue weighted by Crippen LogP contribution is -2.28. The van der Waals surface area contributed by atoms with E-state index in [2.05, 4.69) is 22.4 Å². The molecule has 0 radical (unpaired) electrons. The Labute approximate surface area is 143 Å². The summed E-state index contributed by atoms with van der Waals surface area (Å²) in [5.41, 5.74) is 5.50. The Balaban J connectivity index is 1.35. The van der Waals surface area contributed by atoms with Gasteiger partial charge >= 0.3 is 0 Å². The van der Waals surface area contributed by atoms with Gasteiger partial charge in [-0.3, -0.25) is 4.98 Å². The van der Waals surface area contributed by atoms with Crippen LogP contribution in [0.2, 0.25) is 0 Å². The average Bonchev–Trinajstić information content (AvgIpc) is 3.28. The molecule has 3 heterocycles. The van der Waals surface area contributed by atoms with Gasteiger partial charge in [0.1, 0.15) is 12.4 Å². The van der Waals surface area contributed by atoms with Crippen molar-refractivity contribution in [2.24, 2.45) is 0 Å². The maximum Gasteiger partial charge on any atom is 0.137 e. The zero-order valence-corrected chi connectivity index (χ0v) is 14.0. The van der Waals surface area contributed by atoms with Crippen LogP contribution < -0.4 is 10.1 Å². The molecule has 4 rings (SSSR count). The van der Waals surface area contributed by atoms with E-state index in [4.69, 9.17) is 9.47 Å². The molecule has 4 nitrogen and oxygen atoms in total. The highest BCUT2D eigenvalue weighted by molar-refractivity contribution is 5.48. The van der Waals surface area contributed by atoms with Crippen molar-refractivity contribution >= 4 is 0 Å². The number of nitrogens with zero attached hydrogens (tertiary/aromatic N) is 1. The van der Waals surface area contributed by atoms with Gasteiger partial charge in [0.2, 0.25) is 0 Å². The van der Waals surface area contributed by atoms with Crippen LogP contribution in [0.5, 0.6) is 5.75 Å². The molecule has 3 aliphatic rings. The van der Waals surface area contributed by atoms with Gasteiger partial charge in [-0.25, -0.2) is 0 Å². The number of ether oxygens (including phenoxy) is 2. The highest BCUT2D eigenvalue weighted by Gasteiger charge is 2.20. The normalized spacial score (nSPS) is 22.3. The van der Waals surface area contributed by atoms with Gasteiger partial charge < -0.3 is 14.8 Å². The maximum atomic E-state index is 5.91. The SMILES string of the molecule is C1=CC2=C(CCc3cncc(OC[C@@H]4CCCN4)c3)CCC2=CO1. The fourth-order valence-electron chi connectivity index (χ4n) is 3.69. The van der Waals surface area contributed by atoms with Crippen LogP contribution in [0, 0.1) is 0 Å². The Morgan fingerprint density at radius 3 is 3.17 bits per heavy atom. The second-order valence-corrected chi connectivity index (χ2v) is 6.73. The highest BCUT2D eigenvalue weighted by Crippen LogP contribution is 2.36. The van der Waals surface area contributed by atoms with Crippen LogP contribution in [-0.2, 0) is 11.2 Å². The van der Waals surface area contributed by atoms with Crippen molar-refractivity contribution in [3.8, 4) is 5.75 Å². The van der Waals surface area contributed by atoms with E-state index >= 15 is 0 Å². The Morgan fingerprint density at radius 1 is 1.25 bits per heavy atom. The Bertz CT molecular complexity index is 685. The summed E-state index contributed by atoms with van der Waals surface area (Å²) in [5.74, 6) is 0.886. The minimum Gasteiger partial charge on any atom is -0.490 e. The lowest BCUT2D eigenvalue weighted by Gasteiger charge is -2.12. The maximum absolute atomic E-state index is 5.91. The summed E-state index contributed by atoms with van der Waals surface area (Å²) in [7, 11) is 0. The van der Waals surface area contributed by atoms with Gasteiger partial charge in [-0.2, -0.15) is 0 Å². The number of rotatable bonds is 6. The molecule has 2 aliphatic heterocycles. The van der Waals surface area contributed by atoms with Crippen molar-refractivity contribution in [2.45, 2.75) is 44.6 Å². The van der Waals surface area contributed by atoms with Crippen molar-refractivity contribution < 1.29 is 9.47 Å². The van der Waals surface area contributed by atoms with Crippen LogP contribution in [0.1, 0.15) is 37.7 Å². The Morgan fingerprint density at radius 2 is 2.25 bits per heavy atom. The summed E-state index contributed by atoms with van der Waals surface area (Å²) in [6, 6.07) is 2.63. The zero-order valence-electron chi connectivity index (χ0n) is 14.0. The lowest BCUT2D eigenvalue weighted by molar-refractivity contribution is 0.276. The largest absolute Gasteiger partial charge is 0.490 e. The number of aromatic nitrogens is 1. The molecule has 0 spiro atoms. The molecule has 1 atom stereocenters. The Hall–Kier alpha value is -2.07. The van der Waals surface area contributed by atoms with Crippen molar-refractivity contribution in [3.63, 3.8) is 0 Å². The van der Waals surface area contributed by atoms with Gasteiger partial charge in [-0.1, -0.05) is 5.57 Å². The quantitative estimate of drug-likeness (QED) is 0.867. The molecule has 1 aromatic heterocycles. The van der Waals surface area contributed by atoms with Crippen LogP contribution >= 0.6 is 0 Å². The van der Waals surface area contributed by atoms with E-state index in [0.717, 1.165) is 44.6 Å². The summed E-state index contributed by atoms with van der Waals surface area (Å²) in [5, 5.41) is 3.46. The third-order valence-electron chi connectivity index (χ3n) is 5.05. The van der Waals surface area contributed by atoms with Gasteiger partial charge in [0.15, 0.2) is 0 Å². The molecular formula is C20H24N2O2. The molecule has 1 fully saturated rings. The van der Waals surface area contributed by atoms with Gasteiger partial charge in [0.05, 0.1) is 18.7 Å². The van der Waals surface area contributed by atoms with Crippen LogP contribution in [-0.4, -0.2) is 24.2 Å². The minimum atomic E-state index is 0.490. The Kier molecular flexibility index (Phi) is 4.65. The molecule has 0 amide bonds. The fourth-order valence-corrected chi connectivity index (χ4v) is 3.69. The van der Waals surface area contributed by atoms with Gasteiger partial charge in [-0.15, -0.1) is 0 Å². The first-order valence-electron chi connectivity index (χ1n) is 8.92. The highest BCUT2D eigenvalue weighted by atomic mass is 16.5. The fraction of sp³-hybridized carbons (Fsp3) is 0.450. The summed E-state index contributed by atoms with van der Waals surface area (Å²) in [4.78, 5) is 4.35. The van der Waals surface area contributed by atoms with Gasteiger partial charge in [0, 0.05) is 12.2 Å². The molecule has 0 unspecified atom stereocenters. The molecule has 1 saturated heterocycles. The topological polar surface area (TPSA) is 43.4 Å². The number of hydrogen-bond donors (Lipinski definition) is 1. The van der Waals surface area contributed by atoms with E-state index < -0.39 is 0 Å². The van der Waals surface area contributed by atoms with E-state index in [1.807, 2.05) is 18.7 Å². The predicted molar refractivity (Wildman–Crippen MR) is 93.6 cm³/mol. The first-order chi connectivity index (χ1) is 11.9. The van der Waals surface area contributed by atoms with Crippen LogP contribution in [0.4, 0.5) is 0 Å². The second kappa shape index (κ2) is 7.22. The number of fused-ring (bicyclic) bond motifs is 1. The summed E-state index contributed by atoms with van der Waals surface area (Å²) >= 11 is 0. The molecule has 4 heteroatoms. The number of hydrogen-bond acceptors (Lipinski definition) is 4. The van der Waals surface area contributed by atoms with Crippen molar-refractivity contribution in [3.05, 3.63) is 59.3 Å². The molecule has 0 aromatic carbocycles. The van der Waals surface area contributed by atoms with Crippen molar-refractivity contribution in [1.82, 2.24) is 10.3 Å². The summed E-state index contributed by atoms with van der Waals surface area (Å²) in [6.45, 7) is 1.85. The number of pyridine rings is 1. The van der Waals surface area contributed by atoms with E-state index in [1.165, 1.54) is 35.1 Å². The molecule has 126 valence electrons. The molecule has 0 bridgehead atoms. The molecule has 1 aromatic rings. The summed E-state index contributed by atoms with van der Waals surface area (Å²) < 4.78 is 11.2. The summed E-state index contributed by atoms with van der Waals surface area (Å²) in [6.07, 6.45) is 16.3. The standard InChI is InChI=1S/C20H24N2O2/c1-2-18(22-8-1)14-24-19-10-15(11-21-12-19)3-4-16-5-6-17-13-23-9-7-20(16)17/h7,9-13,18,22H,1-6,8,14H2/t18-/m0/s1. The van der Waals surface area contributed by atoms with Crippen LogP contribution in [0.25, 0.3) is 0 Å². The predicted octanol–water partition coefficient (Wildman–Crippen LogP) is 3.66. The van der Waals surface area contributed by atoms with E-state index in [-0.39, 0.29) is 0 Å². The third kappa shape index (κ3) is 3.54. The van der Waals surface area contributed by atoms with Crippen molar-refractivity contribution in [1.29, 1.82) is 0 Å². The smallest absolute Gasteiger partial charge is 0.137 e. The van der Waals surface area contributed by atoms with Crippen molar-refractivity contribution in [2.75, 3.05) is 13.2 Å². The molecule has 0 saturated carbocycles. The lowest BCUT2D eigenvalue weighted by atomic mass is 10.0. The van der Waals surface area contributed by atoms with Gasteiger partial charge in [-0.05, 0) is 73.9 Å². The molecule has 1 N–H and O–H groups in total. The second-order valence-electron chi connectivity index (χ2n) is 6.73. The number of nitrogens with one attached hydrogen (secondary N) is 1. The number of allylic oxidation sites excluding steroid dienone is 4. The minimum absolute atomic E-state index is 0.490. The van der Waals surface area contributed by atoms with E-state index in [9.17, 15) is 0 Å². The van der Waals surface area contributed by atoms with Crippen LogP contribution in [0.3, 0.4) is 0 Å². The molecule has 1 aliphatic carbocycles. The molecular weight excluding hydrogens is 300 g/mol. The zero-order chi connectivity index (χ0) is 16.2.